The highest BCUT2D eigenvalue weighted by Crippen LogP contribution is 2.23. The lowest BCUT2D eigenvalue weighted by molar-refractivity contribution is 0.0491. The van der Waals surface area contributed by atoms with Crippen LogP contribution in [0, 0.1) is 6.92 Å². The van der Waals surface area contributed by atoms with Gasteiger partial charge in [0, 0.05) is 62.8 Å². The highest BCUT2D eigenvalue weighted by molar-refractivity contribution is 5.46. The first-order chi connectivity index (χ1) is 15.2. The lowest BCUT2D eigenvalue weighted by Crippen LogP contribution is -2.52. The molecule has 1 aliphatic heterocycles. The Morgan fingerprint density at radius 3 is 2.77 bits per heavy atom. The number of pyridine rings is 1. The second-order valence-corrected chi connectivity index (χ2v) is 8.11. The van der Waals surface area contributed by atoms with Gasteiger partial charge in [0.05, 0.1) is 19.0 Å². The number of methoxy groups -OCH3 is 1. The molecule has 7 heteroatoms. The Morgan fingerprint density at radius 1 is 1.10 bits per heavy atom. The van der Waals surface area contributed by atoms with Crippen LogP contribution in [0.15, 0.2) is 54.9 Å². The molecule has 7 nitrogen and oxygen atoms in total. The van der Waals surface area contributed by atoms with Gasteiger partial charge in [0.15, 0.2) is 0 Å². The molecule has 164 valence electrons. The zero-order chi connectivity index (χ0) is 21.6. The fraction of sp³-hybridized carbons (Fsp3) is 0.417. The van der Waals surface area contributed by atoms with Crippen molar-refractivity contribution in [1.82, 2.24) is 24.6 Å². The van der Waals surface area contributed by atoms with E-state index < -0.39 is 0 Å². The molecule has 3 aromatic rings. The zero-order valence-corrected chi connectivity index (χ0v) is 18.3. The van der Waals surface area contributed by atoms with Crippen molar-refractivity contribution >= 4 is 0 Å². The van der Waals surface area contributed by atoms with Crippen molar-refractivity contribution < 1.29 is 9.84 Å². The minimum atomic E-state index is 0.196. The normalized spacial score (nSPS) is 17.7. The van der Waals surface area contributed by atoms with Crippen molar-refractivity contribution in [2.45, 2.75) is 32.5 Å². The average Bonchev–Trinajstić information content (AvgIpc) is 3.24. The van der Waals surface area contributed by atoms with E-state index in [4.69, 9.17) is 4.74 Å². The molecule has 31 heavy (non-hydrogen) atoms. The quantitative estimate of drug-likeness (QED) is 0.603. The SMILES string of the molecule is COc1ccccc1-n1cc(CN2CCN(Cc3cccc(C)n3)[C@H](CCO)C2)cn1. The summed E-state index contributed by atoms with van der Waals surface area (Å²) in [6, 6.07) is 14.4. The molecule has 0 aliphatic carbocycles. The van der Waals surface area contributed by atoms with Crippen molar-refractivity contribution in [2.75, 3.05) is 33.4 Å². The van der Waals surface area contributed by atoms with Crippen LogP contribution in [0.25, 0.3) is 5.69 Å². The van der Waals surface area contributed by atoms with Crippen LogP contribution in [0.2, 0.25) is 0 Å². The van der Waals surface area contributed by atoms with E-state index in [1.807, 2.05) is 48.1 Å². The fourth-order valence-electron chi connectivity index (χ4n) is 4.28. The smallest absolute Gasteiger partial charge is 0.144 e. The third kappa shape index (κ3) is 5.31. The van der Waals surface area contributed by atoms with E-state index in [9.17, 15) is 5.11 Å². The molecule has 3 heterocycles. The number of hydrogen-bond acceptors (Lipinski definition) is 6. The molecule has 0 spiro atoms. The van der Waals surface area contributed by atoms with E-state index in [-0.39, 0.29) is 6.61 Å². The lowest BCUT2D eigenvalue weighted by atomic mass is 10.1. The lowest BCUT2D eigenvalue weighted by Gasteiger charge is -2.41. The summed E-state index contributed by atoms with van der Waals surface area (Å²) in [5.41, 5.74) is 4.24. The van der Waals surface area contributed by atoms with Gasteiger partial charge in [-0.2, -0.15) is 5.10 Å². The van der Waals surface area contributed by atoms with Gasteiger partial charge < -0.3 is 9.84 Å². The number of aliphatic hydroxyl groups is 1. The number of piperazine rings is 1. The molecule has 1 aliphatic rings. The molecule has 1 fully saturated rings. The predicted molar refractivity (Wildman–Crippen MR) is 120 cm³/mol. The van der Waals surface area contributed by atoms with Crippen molar-refractivity contribution in [2.24, 2.45) is 0 Å². The number of ether oxygens (including phenoxy) is 1. The highest BCUT2D eigenvalue weighted by atomic mass is 16.5. The number of hydrogen-bond donors (Lipinski definition) is 1. The minimum absolute atomic E-state index is 0.196. The summed E-state index contributed by atoms with van der Waals surface area (Å²) in [5, 5.41) is 14.2. The third-order valence-corrected chi connectivity index (χ3v) is 5.84. The Morgan fingerprint density at radius 2 is 1.97 bits per heavy atom. The first kappa shape index (κ1) is 21.5. The Bertz CT molecular complexity index is 989. The number of benzene rings is 1. The van der Waals surface area contributed by atoms with Crippen LogP contribution in [-0.2, 0) is 13.1 Å². The van der Waals surface area contributed by atoms with E-state index in [0.29, 0.717) is 6.04 Å². The molecule has 1 N–H and O–H groups in total. The van der Waals surface area contributed by atoms with Gasteiger partial charge in [0.1, 0.15) is 11.4 Å². The summed E-state index contributed by atoms with van der Waals surface area (Å²) in [4.78, 5) is 9.55. The van der Waals surface area contributed by atoms with E-state index in [1.54, 1.807) is 7.11 Å². The minimum Gasteiger partial charge on any atom is -0.494 e. The van der Waals surface area contributed by atoms with E-state index in [2.05, 4.69) is 38.2 Å². The van der Waals surface area contributed by atoms with Crippen LogP contribution in [0.4, 0.5) is 0 Å². The second-order valence-electron chi connectivity index (χ2n) is 8.11. The molecule has 0 saturated carbocycles. The van der Waals surface area contributed by atoms with Crippen molar-refractivity contribution in [3.05, 3.63) is 71.8 Å². The van der Waals surface area contributed by atoms with Crippen LogP contribution in [0.3, 0.4) is 0 Å². The second kappa shape index (κ2) is 10.0. The molecule has 1 aromatic carbocycles. The van der Waals surface area contributed by atoms with Crippen LogP contribution >= 0.6 is 0 Å². The van der Waals surface area contributed by atoms with Crippen LogP contribution in [0.1, 0.15) is 23.4 Å². The van der Waals surface area contributed by atoms with Gasteiger partial charge in [-0.1, -0.05) is 18.2 Å². The maximum absolute atomic E-state index is 9.62. The summed E-state index contributed by atoms with van der Waals surface area (Å²) in [7, 11) is 1.68. The molecule has 0 radical (unpaired) electrons. The standard InChI is InChI=1S/C24H31N5O2/c1-19-6-5-7-21(26-19)17-28-12-11-27(18-22(28)10-13-30)15-20-14-25-29(16-20)23-8-3-4-9-24(23)31-2/h3-9,14,16,22,30H,10-13,15,17-18H2,1-2H3/t22-/m1/s1. The van der Waals surface area contributed by atoms with Gasteiger partial charge in [-0.05, 0) is 37.6 Å². The molecule has 0 unspecified atom stereocenters. The summed E-state index contributed by atoms with van der Waals surface area (Å²) >= 11 is 0. The number of rotatable bonds is 8. The van der Waals surface area contributed by atoms with Gasteiger partial charge in [-0.25, -0.2) is 4.68 Å². The average molecular weight is 422 g/mol. The summed E-state index contributed by atoms with van der Waals surface area (Å²) in [5.74, 6) is 0.804. The van der Waals surface area contributed by atoms with Gasteiger partial charge >= 0.3 is 0 Å². The Labute approximate surface area is 183 Å². The molecule has 0 bridgehead atoms. The molecular weight excluding hydrogens is 390 g/mol. The number of aliphatic hydroxyl groups excluding tert-OH is 1. The summed E-state index contributed by atoms with van der Waals surface area (Å²) < 4.78 is 7.34. The number of aryl methyl sites for hydroxylation is 1. The largest absolute Gasteiger partial charge is 0.494 e. The van der Waals surface area contributed by atoms with Crippen molar-refractivity contribution in [3.63, 3.8) is 0 Å². The molecule has 4 rings (SSSR count). The van der Waals surface area contributed by atoms with Crippen molar-refractivity contribution in [1.29, 1.82) is 0 Å². The summed E-state index contributed by atoms with van der Waals surface area (Å²) in [6.45, 7) is 6.75. The van der Waals surface area contributed by atoms with Crippen LogP contribution in [0.5, 0.6) is 5.75 Å². The van der Waals surface area contributed by atoms with Crippen LogP contribution in [-0.4, -0.2) is 69.1 Å². The topological polar surface area (TPSA) is 66.7 Å². The van der Waals surface area contributed by atoms with E-state index >= 15 is 0 Å². The predicted octanol–water partition coefficient (Wildman–Crippen LogP) is 2.65. The molecule has 1 atom stereocenters. The Hall–Kier alpha value is -2.74. The van der Waals surface area contributed by atoms with Crippen molar-refractivity contribution in [3.8, 4) is 11.4 Å². The maximum atomic E-state index is 9.62. The maximum Gasteiger partial charge on any atom is 0.144 e. The summed E-state index contributed by atoms with van der Waals surface area (Å²) in [6.07, 6.45) is 4.77. The molecule has 1 saturated heterocycles. The first-order valence-electron chi connectivity index (χ1n) is 10.8. The first-order valence-corrected chi connectivity index (χ1v) is 10.8. The Kier molecular flexibility index (Phi) is 6.96. The number of aromatic nitrogens is 3. The number of nitrogens with zero attached hydrogens (tertiary/aromatic N) is 5. The number of para-hydroxylation sites is 2. The zero-order valence-electron chi connectivity index (χ0n) is 18.3. The molecule has 0 amide bonds. The van der Waals surface area contributed by atoms with Gasteiger partial charge in [-0.3, -0.25) is 14.8 Å². The molecule has 2 aromatic heterocycles. The molecular formula is C24H31N5O2. The van der Waals surface area contributed by atoms with Gasteiger partial charge in [-0.15, -0.1) is 0 Å². The third-order valence-electron chi connectivity index (χ3n) is 5.84. The monoisotopic (exact) mass is 421 g/mol. The Balaban J connectivity index is 1.41. The van der Waals surface area contributed by atoms with E-state index in [0.717, 1.165) is 62.0 Å². The van der Waals surface area contributed by atoms with Gasteiger partial charge in [0.2, 0.25) is 0 Å². The van der Waals surface area contributed by atoms with E-state index in [1.165, 1.54) is 5.56 Å². The highest BCUT2D eigenvalue weighted by Gasteiger charge is 2.27. The fourth-order valence-corrected chi connectivity index (χ4v) is 4.28. The van der Waals surface area contributed by atoms with Gasteiger partial charge in [0.25, 0.3) is 0 Å². The van der Waals surface area contributed by atoms with Crippen LogP contribution < -0.4 is 4.74 Å².